The van der Waals surface area contributed by atoms with Crippen LogP contribution in [0.1, 0.15) is 36.0 Å². The molecule has 3 heterocycles. The number of para-hydroxylation sites is 2. The summed E-state index contributed by atoms with van der Waals surface area (Å²) in [6, 6.07) is 8.46. The summed E-state index contributed by atoms with van der Waals surface area (Å²) in [6.07, 6.45) is 5.17. The maximum Gasteiger partial charge on any atom is 0.256 e. The Hall–Kier alpha value is -4.12. The van der Waals surface area contributed by atoms with Gasteiger partial charge >= 0.3 is 0 Å². The third-order valence-corrected chi connectivity index (χ3v) is 6.87. The van der Waals surface area contributed by atoms with Crippen LogP contribution in [0, 0.1) is 5.82 Å². The molecular weight excluding hydrogens is 489 g/mol. The SMILES string of the molecule is NC(N)=NCCCCNC(=O)c1cn2c3c(c(NCCN4CCCC4)c(F)cc3c1=O)Oc1ccccc1-2. The van der Waals surface area contributed by atoms with Crippen LogP contribution in [-0.4, -0.2) is 60.6 Å². The normalized spacial score (nSPS) is 14.1. The van der Waals surface area contributed by atoms with Crippen LogP contribution in [0.5, 0.6) is 11.5 Å². The van der Waals surface area contributed by atoms with Crippen molar-refractivity contribution >= 4 is 28.5 Å². The second-order valence-corrected chi connectivity index (χ2v) is 9.52. The lowest BCUT2D eigenvalue weighted by molar-refractivity contribution is 0.0951. The molecule has 200 valence electrons. The number of benzene rings is 2. The quantitative estimate of drug-likeness (QED) is 0.143. The summed E-state index contributed by atoms with van der Waals surface area (Å²) in [5, 5.41) is 6.05. The molecule has 0 saturated carbocycles. The molecule has 1 aromatic heterocycles. The minimum atomic E-state index is -0.603. The fraction of sp³-hybridized carbons (Fsp3) is 0.370. The fourth-order valence-electron chi connectivity index (χ4n) is 4.98. The van der Waals surface area contributed by atoms with Crippen LogP contribution in [0.2, 0.25) is 0 Å². The third kappa shape index (κ3) is 5.14. The van der Waals surface area contributed by atoms with Crippen molar-refractivity contribution in [2.45, 2.75) is 25.7 Å². The Morgan fingerprint density at radius 1 is 1.13 bits per heavy atom. The molecular formula is C27H32FN7O3. The molecule has 11 heteroatoms. The zero-order valence-electron chi connectivity index (χ0n) is 21.1. The van der Waals surface area contributed by atoms with Gasteiger partial charge in [0, 0.05) is 32.4 Å². The van der Waals surface area contributed by atoms with Gasteiger partial charge in [-0.1, -0.05) is 12.1 Å². The molecule has 0 bridgehead atoms. The summed E-state index contributed by atoms with van der Waals surface area (Å²) in [6.45, 7) is 4.20. The van der Waals surface area contributed by atoms with E-state index >= 15 is 4.39 Å². The van der Waals surface area contributed by atoms with Gasteiger partial charge in [-0.2, -0.15) is 0 Å². The van der Waals surface area contributed by atoms with Crippen molar-refractivity contribution in [1.29, 1.82) is 0 Å². The lowest BCUT2D eigenvalue weighted by atomic mass is 10.1. The number of guanidine groups is 1. The number of rotatable bonds is 10. The van der Waals surface area contributed by atoms with Crippen LogP contribution < -0.4 is 32.3 Å². The number of unbranched alkanes of at least 4 members (excludes halogenated alkanes) is 1. The summed E-state index contributed by atoms with van der Waals surface area (Å²) >= 11 is 0. The van der Waals surface area contributed by atoms with Crippen LogP contribution in [0.3, 0.4) is 0 Å². The first-order valence-corrected chi connectivity index (χ1v) is 12.9. The predicted molar refractivity (Wildman–Crippen MR) is 146 cm³/mol. The number of nitrogens with one attached hydrogen (secondary N) is 2. The van der Waals surface area contributed by atoms with E-state index < -0.39 is 17.2 Å². The number of pyridine rings is 1. The van der Waals surface area contributed by atoms with Crippen LogP contribution in [0.4, 0.5) is 10.1 Å². The lowest BCUT2D eigenvalue weighted by Gasteiger charge is -2.26. The van der Waals surface area contributed by atoms with E-state index in [-0.39, 0.29) is 28.3 Å². The van der Waals surface area contributed by atoms with Crippen LogP contribution in [0.25, 0.3) is 16.6 Å². The predicted octanol–water partition coefficient (Wildman–Crippen LogP) is 2.53. The van der Waals surface area contributed by atoms with Gasteiger partial charge in [-0.05, 0) is 57.0 Å². The Labute approximate surface area is 219 Å². The molecule has 0 aliphatic carbocycles. The van der Waals surface area contributed by atoms with Gasteiger partial charge in [0.05, 0.1) is 11.1 Å². The van der Waals surface area contributed by atoms with Crippen molar-refractivity contribution in [2.75, 3.05) is 44.6 Å². The standard InChI is InChI=1S/C27H32FN7O3/c28-19-15-17-23-25(22(19)31-11-14-34-12-5-6-13-34)38-21-8-2-1-7-20(21)35(23)16-18(24(17)36)26(37)32-9-3-4-10-33-27(29)30/h1-2,7-8,15-16,31H,3-6,9-14H2,(H,32,37)(H4,29,30,33). The van der Waals surface area contributed by atoms with Crippen LogP contribution in [-0.2, 0) is 0 Å². The fourth-order valence-corrected chi connectivity index (χ4v) is 4.98. The largest absolute Gasteiger partial charge is 0.451 e. The molecule has 10 nitrogen and oxygen atoms in total. The van der Waals surface area contributed by atoms with Crippen molar-refractivity contribution in [3.05, 3.63) is 58.1 Å². The maximum absolute atomic E-state index is 15.5. The number of fused-ring (bicyclic) bond motifs is 2. The Bertz CT molecular complexity index is 1440. The lowest BCUT2D eigenvalue weighted by Crippen LogP contribution is -2.31. The Morgan fingerprint density at radius 3 is 2.71 bits per heavy atom. The molecule has 1 amide bonds. The van der Waals surface area contributed by atoms with Gasteiger partial charge in [-0.3, -0.25) is 14.6 Å². The number of likely N-dealkylation sites (tertiary alicyclic amines) is 1. The van der Waals surface area contributed by atoms with Crippen molar-refractivity contribution < 1.29 is 13.9 Å². The summed E-state index contributed by atoms with van der Waals surface area (Å²) in [5.74, 6) is -0.364. The molecule has 6 N–H and O–H groups in total. The first-order valence-electron chi connectivity index (χ1n) is 12.9. The molecule has 3 aromatic rings. The first kappa shape index (κ1) is 25.5. The Kier molecular flexibility index (Phi) is 7.45. The van der Waals surface area contributed by atoms with Gasteiger partial charge in [-0.15, -0.1) is 0 Å². The first-order chi connectivity index (χ1) is 18.4. The van der Waals surface area contributed by atoms with E-state index in [4.69, 9.17) is 16.2 Å². The van der Waals surface area contributed by atoms with Gasteiger partial charge in [0.2, 0.25) is 5.43 Å². The number of aliphatic imine (C=N–C) groups is 1. The summed E-state index contributed by atoms with van der Waals surface area (Å²) < 4.78 is 23.4. The molecule has 2 aliphatic heterocycles. The van der Waals surface area contributed by atoms with Gasteiger partial charge in [0.15, 0.2) is 23.3 Å². The zero-order valence-corrected chi connectivity index (χ0v) is 21.1. The van der Waals surface area contributed by atoms with E-state index in [0.717, 1.165) is 19.6 Å². The van der Waals surface area contributed by atoms with Gasteiger partial charge in [0.25, 0.3) is 5.91 Å². The summed E-state index contributed by atoms with van der Waals surface area (Å²) in [4.78, 5) is 32.7. The number of halogens is 1. The van der Waals surface area contributed by atoms with Crippen LogP contribution in [0.15, 0.2) is 46.3 Å². The second-order valence-electron chi connectivity index (χ2n) is 9.52. The van der Waals surface area contributed by atoms with Crippen molar-refractivity contribution in [2.24, 2.45) is 16.5 Å². The molecule has 1 fully saturated rings. The average molecular weight is 522 g/mol. The van der Waals surface area contributed by atoms with Gasteiger partial charge in [0.1, 0.15) is 16.8 Å². The Morgan fingerprint density at radius 2 is 1.92 bits per heavy atom. The minimum absolute atomic E-state index is 0.0213. The van der Waals surface area contributed by atoms with Crippen molar-refractivity contribution in [3.63, 3.8) is 0 Å². The molecule has 38 heavy (non-hydrogen) atoms. The second kappa shape index (κ2) is 11.1. The molecule has 1 saturated heterocycles. The number of hydrogen-bond donors (Lipinski definition) is 4. The number of carbonyl (C=O) groups is 1. The maximum atomic E-state index is 15.5. The highest BCUT2D eigenvalue weighted by molar-refractivity contribution is 6.01. The van der Waals surface area contributed by atoms with Crippen LogP contribution >= 0.6 is 0 Å². The summed E-state index contributed by atoms with van der Waals surface area (Å²) in [7, 11) is 0. The third-order valence-electron chi connectivity index (χ3n) is 6.87. The van der Waals surface area contributed by atoms with E-state index in [0.29, 0.717) is 49.4 Å². The number of carbonyl (C=O) groups excluding carboxylic acids is 1. The highest BCUT2D eigenvalue weighted by atomic mass is 19.1. The molecule has 0 atom stereocenters. The summed E-state index contributed by atoms with van der Waals surface area (Å²) in [5.41, 5.74) is 11.3. The molecule has 0 unspecified atom stereocenters. The highest BCUT2D eigenvalue weighted by Crippen LogP contribution is 2.44. The molecule has 2 aromatic carbocycles. The number of nitrogens with two attached hydrogens (primary N) is 2. The van der Waals surface area contributed by atoms with E-state index in [1.165, 1.54) is 25.1 Å². The monoisotopic (exact) mass is 521 g/mol. The molecule has 2 aliphatic rings. The topological polar surface area (TPSA) is 140 Å². The number of anilines is 1. The average Bonchev–Trinajstić information content (AvgIpc) is 3.42. The van der Waals surface area contributed by atoms with Gasteiger partial charge in [-0.25, -0.2) is 4.39 Å². The zero-order chi connectivity index (χ0) is 26.6. The molecule has 0 spiro atoms. The van der Waals surface area contributed by atoms with Crippen molar-refractivity contribution in [3.8, 4) is 17.2 Å². The Balaban J connectivity index is 1.47. The molecule has 0 radical (unpaired) electrons. The minimum Gasteiger partial charge on any atom is -0.451 e. The van der Waals surface area contributed by atoms with E-state index in [9.17, 15) is 9.59 Å². The van der Waals surface area contributed by atoms with Crippen molar-refractivity contribution in [1.82, 2.24) is 14.8 Å². The van der Waals surface area contributed by atoms with E-state index in [1.807, 2.05) is 18.2 Å². The van der Waals surface area contributed by atoms with E-state index in [1.54, 1.807) is 10.6 Å². The smallest absolute Gasteiger partial charge is 0.256 e. The molecule has 5 rings (SSSR count). The number of nitrogens with zero attached hydrogens (tertiary/aromatic N) is 3. The van der Waals surface area contributed by atoms with E-state index in [2.05, 4.69) is 20.5 Å². The number of amides is 1. The number of ether oxygens (including phenoxy) is 1. The number of hydrogen-bond acceptors (Lipinski definition) is 6. The highest BCUT2D eigenvalue weighted by Gasteiger charge is 2.28. The van der Waals surface area contributed by atoms with Gasteiger partial charge < -0.3 is 36.3 Å². The number of aromatic nitrogens is 1.